The largest absolute Gasteiger partial charge is 0.465 e. The van der Waals surface area contributed by atoms with Gasteiger partial charge in [-0.15, -0.1) is 0 Å². The Morgan fingerprint density at radius 1 is 1.52 bits per heavy atom. The Morgan fingerprint density at radius 3 is 2.74 bits per heavy atom. The second-order valence-corrected chi connectivity index (χ2v) is 5.95. The van der Waals surface area contributed by atoms with E-state index in [2.05, 4.69) is 26.5 Å². The molecule has 1 aliphatic heterocycles. The topological polar surface area (TPSA) is 108 Å². The van der Waals surface area contributed by atoms with Crippen LogP contribution in [0.3, 0.4) is 0 Å². The molecule has 0 bridgehead atoms. The summed E-state index contributed by atoms with van der Waals surface area (Å²) in [7, 11) is 0. The van der Waals surface area contributed by atoms with Crippen LogP contribution in [0.1, 0.15) is 12.8 Å². The van der Waals surface area contributed by atoms with Gasteiger partial charge in [0.15, 0.2) is 0 Å². The molecule has 1 amide bonds. The Labute approximate surface area is 139 Å². The second-order valence-electron chi connectivity index (χ2n) is 5.04. The Kier molecular flexibility index (Phi) is 5.48. The number of likely N-dealkylation sites (tertiary alicyclic amines) is 1. The number of anilines is 1. The first kappa shape index (κ1) is 17.1. The lowest BCUT2D eigenvalue weighted by Crippen LogP contribution is -2.37. The molecule has 0 atom stereocenters. The lowest BCUT2D eigenvalue weighted by atomic mass is 9.99. The SMILES string of the molecule is O=C(O)N1CCC(/C=N/Nc2cc(Br)cc(F)c2[N+](=O)[O-])CC1. The number of nitrogens with zero attached hydrogens (tertiary/aromatic N) is 3. The highest BCUT2D eigenvalue weighted by molar-refractivity contribution is 9.10. The monoisotopic (exact) mass is 388 g/mol. The molecule has 1 aromatic rings. The molecule has 10 heteroatoms. The number of nitrogens with one attached hydrogen (secondary N) is 1. The van der Waals surface area contributed by atoms with Crippen molar-refractivity contribution in [1.82, 2.24) is 4.90 Å². The fourth-order valence-electron chi connectivity index (χ4n) is 2.29. The maximum absolute atomic E-state index is 13.6. The fraction of sp³-hybridized carbons (Fsp3) is 0.385. The molecule has 0 aromatic heterocycles. The van der Waals surface area contributed by atoms with Gasteiger partial charge in [0.1, 0.15) is 5.69 Å². The normalized spacial score (nSPS) is 15.8. The zero-order valence-electron chi connectivity index (χ0n) is 11.9. The van der Waals surface area contributed by atoms with Crippen LogP contribution < -0.4 is 5.43 Å². The van der Waals surface area contributed by atoms with Gasteiger partial charge in [-0.2, -0.15) is 9.49 Å². The lowest BCUT2D eigenvalue weighted by Gasteiger charge is -2.27. The van der Waals surface area contributed by atoms with Crippen molar-refractivity contribution in [2.45, 2.75) is 12.8 Å². The minimum Gasteiger partial charge on any atom is -0.465 e. The number of carbonyl (C=O) groups is 1. The van der Waals surface area contributed by atoms with Crippen molar-refractivity contribution in [3.63, 3.8) is 0 Å². The van der Waals surface area contributed by atoms with Gasteiger partial charge in [0.2, 0.25) is 5.82 Å². The van der Waals surface area contributed by atoms with Gasteiger partial charge in [0.05, 0.1) is 4.92 Å². The number of nitro groups is 1. The molecule has 1 saturated heterocycles. The van der Waals surface area contributed by atoms with Crippen LogP contribution in [0.15, 0.2) is 21.7 Å². The zero-order chi connectivity index (χ0) is 17.0. The second kappa shape index (κ2) is 7.36. The molecule has 23 heavy (non-hydrogen) atoms. The molecule has 8 nitrogen and oxygen atoms in total. The summed E-state index contributed by atoms with van der Waals surface area (Å²) in [6.07, 6.45) is 1.86. The summed E-state index contributed by atoms with van der Waals surface area (Å²) < 4.78 is 14.0. The minimum absolute atomic E-state index is 0.0545. The predicted octanol–water partition coefficient (Wildman–Crippen LogP) is 3.28. The van der Waals surface area contributed by atoms with E-state index in [0.717, 1.165) is 6.07 Å². The number of rotatable bonds is 4. The molecule has 124 valence electrons. The maximum Gasteiger partial charge on any atom is 0.407 e. The van der Waals surface area contributed by atoms with Crippen LogP contribution >= 0.6 is 15.9 Å². The van der Waals surface area contributed by atoms with Crippen LogP contribution in [-0.4, -0.2) is 40.3 Å². The molecular weight excluding hydrogens is 375 g/mol. The number of carboxylic acid groups (broad SMARTS) is 1. The van der Waals surface area contributed by atoms with Gasteiger partial charge in [0, 0.05) is 23.8 Å². The van der Waals surface area contributed by atoms with Gasteiger partial charge < -0.3 is 10.0 Å². The average molecular weight is 389 g/mol. The minimum atomic E-state index is -0.961. The van der Waals surface area contributed by atoms with Crippen molar-refractivity contribution in [2.24, 2.45) is 11.0 Å². The Morgan fingerprint density at radius 2 is 2.17 bits per heavy atom. The molecule has 1 heterocycles. The molecule has 0 radical (unpaired) electrons. The molecule has 1 aromatic carbocycles. The van der Waals surface area contributed by atoms with Crippen LogP contribution in [0.25, 0.3) is 0 Å². The number of hydrogen-bond acceptors (Lipinski definition) is 5. The van der Waals surface area contributed by atoms with Crippen LogP contribution in [-0.2, 0) is 0 Å². The molecule has 1 fully saturated rings. The Bertz CT molecular complexity index is 647. The Balaban J connectivity index is 2.01. The van der Waals surface area contributed by atoms with Crippen LogP contribution in [0.5, 0.6) is 0 Å². The third-order valence-corrected chi connectivity index (χ3v) is 3.95. The fourth-order valence-corrected chi connectivity index (χ4v) is 2.72. The van der Waals surface area contributed by atoms with E-state index in [1.54, 1.807) is 6.21 Å². The third kappa shape index (κ3) is 4.38. The van der Waals surface area contributed by atoms with E-state index in [1.165, 1.54) is 11.0 Å². The van der Waals surface area contributed by atoms with E-state index in [-0.39, 0.29) is 11.6 Å². The molecule has 0 spiro atoms. The van der Waals surface area contributed by atoms with E-state index in [1.807, 2.05) is 0 Å². The third-order valence-electron chi connectivity index (χ3n) is 3.49. The van der Waals surface area contributed by atoms with Gasteiger partial charge in [-0.05, 0) is 30.9 Å². The molecular formula is C13H14BrFN4O4. The Hall–Kier alpha value is -2.23. The predicted molar refractivity (Wildman–Crippen MR) is 85.2 cm³/mol. The summed E-state index contributed by atoms with van der Waals surface area (Å²) in [6, 6.07) is 2.38. The van der Waals surface area contributed by atoms with E-state index in [4.69, 9.17) is 5.11 Å². The van der Waals surface area contributed by atoms with Crippen molar-refractivity contribution in [3.8, 4) is 0 Å². The maximum atomic E-state index is 13.6. The number of hydrogen-bond donors (Lipinski definition) is 2. The van der Waals surface area contributed by atoms with Crippen molar-refractivity contribution < 1.29 is 19.2 Å². The standard InChI is InChI=1S/C13H14BrFN4O4/c14-9-5-10(15)12(19(22)23)11(6-9)17-16-7-8-1-3-18(4-2-8)13(20)21/h5-8,17H,1-4H2,(H,20,21)/b16-7+. The van der Waals surface area contributed by atoms with Crippen LogP contribution in [0.4, 0.5) is 20.6 Å². The molecule has 2 rings (SSSR count). The number of nitro benzene ring substituents is 1. The van der Waals surface area contributed by atoms with Crippen molar-refractivity contribution in [2.75, 3.05) is 18.5 Å². The van der Waals surface area contributed by atoms with Crippen LogP contribution in [0, 0.1) is 21.8 Å². The summed E-state index contributed by atoms with van der Waals surface area (Å²) in [5, 5.41) is 23.7. The van der Waals surface area contributed by atoms with E-state index >= 15 is 0 Å². The molecule has 1 aliphatic rings. The van der Waals surface area contributed by atoms with Gasteiger partial charge in [-0.25, -0.2) is 4.79 Å². The lowest BCUT2D eigenvalue weighted by molar-refractivity contribution is -0.386. The molecule has 2 N–H and O–H groups in total. The highest BCUT2D eigenvalue weighted by atomic mass is 79.9. The summed E-state index contributed by atoms with van der Waals surface area (Å²) in [5.41, 5.74) is 1.76. The summed E-state index contributed by atoms with van der Waals surface area (Å²) in [6.45, 7) is 0.829. The van der Waals surface area contributed by atoms with E-state index in [9.17, 15) is 19.3 Å². The van der Waals surface area contributed by atoms with Crippen molar-refractivity contribution in [1.29, 1.82) is 0 Å². The smallest absolute Gasteiger partial charge is 0.407 e. The van der Waals surface area contributed by atoms with E-state index in [0.29, 0.717) is 30.4 Å². The van der Waals surface area contributed by atoms with E-state index < -0.39 is 22.5 Å². The summed E-state index contributed by atoms with van der Waals surface area (Å²) in [5.74, 6) is -0.897. The quantitative estimate of drug-likeness (QED) is 0.467. The number of halogens is 2. The first-order chi connectivity index (χ1) is 10.9. The summed E-state index contributed by atoms with van der Waals surface area (Å²) >= 11 is 3.07. The van der Waals surface area contributed by atoms with Crippen LogP contribution in [0.2, 0.25) is 0 Å². The highest BCUT2D eigenvalue weighted by Crippen LogP contribution is 2.31. The van der Waals surface area contributed by atoms with Crippen molar-refractivity contribution in [3.05, 3.63) is 32.5 Å². The number of benzene rings is 1. The first-order valence-electron chi connectivity index (χ1n) is 6.79. The first-order valence-corrected chi connectivity index (χ1v) is 7.58. The molecule has 0 aliphatic carbocycles. The molecule has 0 unspecified atom stereocenters. The summed E-state index contributed by atoms with van der Waals surface area (Å²) in [4.78, 5) is 22.2. The highest BCUT2D eigenvalue weighted by Gasteiger charge is 2.22. The average Bonchev–Trinajstić information content (AvgIpc) is 2.46. The number of hydrazone groups is 1. The molecule has 0 saturated carbocycles. The van der Waals surface area contributed by atoms with Crippen molar-refractivity contribution >= 4 is 39.6 Å². The van der Waals surface area contributed by atoms with Gasteiger partial charge >= 0.3 is 11.8 Å². The van der Waals surface area contributed by atoms with Gasteiger partial charge in [-0.3, -0.25) is 15.5 Å². The van der Waals surface area contributed by atoms with Gasteiger partial charge in [-0.1, -0.05) is 15.9 Å². The number of amides is 1. The van der Waals surface area contributed by atoms with Gasteiger partial charge in [0.25, 0.3) is 0 Å². The zero-order valence-corrected chi connectivity index (χ0v) is 13.5. The number of piperidine rings is 1.